The first kappa shape index (κ1) is 17.6. The van der Waals surface area contributed by atoms with Crippen molar-refractivity contribution in [2.75, 3.05) is 24.7 Å². The number of nitrogens with one attached hydrogen (secondary N) is 3. The number of benzene rings is 1. The Kier molecular flexibility index (Phi) is 4.93. The Labute approximate surface area is 189 Å². The average molecular weight is 436 g/mol. The molecule has 1 aliphatic carbocycles. The van der Waals surface area contributed by atoms with Gasteiger partial charge >= 0.3 is 0 Å². The molecular weight excluding hydrogens is 410 g/mol. The monoisotopic (exact) mass is 436 g/mol. The molecule has 1 fully saturated rings. The minimum Gasteiger partial charge on any atom is -0.494 e. The third-order valence-electron chi connectivity index (χ3n) is 4.83. The Balaban J connectivity index is 1.72. The van der Waals surface area contributed by atoms with Gasteiger partial charge in [0.05, 0.1) is 24.0 Å². The van der Waals surface area contributed by atoms with Crippen LogP contribution in [0, 0.1) is 12.8 Å². The molecule has 1 aliphatic rings. The normalized spacial score (nSPS) is 14.5. The maximum Gasteiger partial charge on any atom is 0.273 e. The van der Waals surface area contributed by atoms with Gasteiger partial charge in [-0.05, 0) is 37.5 Å². The minimum absolute atomic E-state index is 0.0713. The topological polar surface area (TPSA) is 131 Å². The Morgan fingerprint density at radius 1 is 1.16 bits per heavy atom. The lowest BCUT2D eigenvalue weighted by atomic mass is 10.1. The summed E-state index contributed by atoms with van der Waals surface area (Å²) in [5.41, 5.74) is 1.77. The SMILES string of the molecule is [2H]C([2H])([2H])NC(=O)c1nnc(NC(=O)C2CC2)cc1Nc1cccc(-c2ncc(C)cn2)c1OC. The van der Waals surface area contributed by atoms with Gasteiger partial charge in [0.25, 0.3) is 5.91 Å². The van der Waals surface area contributed by atoms with Crippen LogP contribution in [-0.2, 0) is 4.79 Å². The van der Waals surface area contributed by atoms with E-state index in [-0.39, 0.29) is 29.0 Å². The molecule has 0 atom stereocenters. The molecule has 0 radical (unpaired) electrons. The number of ether oxygens (including phenoxy) is 1. The van der Waals surface area contributed by atoms with Crippen molar-refractivity contribution in [2.24, 2.45) is 5.92 Å². The summed E-state index contributed by atoms with van der Waals surface area (Å²) in [5.74, 6) is -0.288. The van der Waals surface area contributed by atoms with Crippen molar-refractivity contribution >= 4 is 29.0 Å². The third kappa shape index (κ3) is 4.48. The van der Waals surface area contributed by atoms with Gasteiger partial charge in [0, 0.05) is 35.5 Å². The number of hydrogen-bond donors (Lipinski definition) is 3. The highest BCUT2D eigenvalue weighted by Crippen LogP contribution is 2.37. The van der Waals surface area contributed by atoms with Crippen molar-refractivity contribution < 1.29 is 18.4 Å². The molecule has 10 heteroatoms. The lowest BCUT2D eigenvalue weighted by Crippen LogP contribution is -2.22. The van der Waals surface area contributed by atoms with E-state index in [2.05, 4.69) is 30.8 Å². The van der Waals surface area contributed by atoms with Gasteiger partial charge in [-0.1, -0.05) is 6.07 Å². The van der Waals surface area contributed by atoms with Crippen LogP contribution in [0.5, 0.6) is 5.75 Å². The molecule has 3 N–H and O–H groups in total. The van der Waals surface area contributed by atoms with Crippen molar-refractivity contribution in [1.29, 1.82) is 0 Å². The van der Waals surface area contributed by atoms with E-state index in [1.807, 2.05) is 12.2 Å². The third-order valence-corrected chi connectivity index (χ3v) is 4.83. The summed E-state index contributed by atoms with van der Waals surface area (Å²) in [7, 11) is 1.48. The molecule has 2 heterocycles. The molecule has 2 aromatic heterocycles. The van der Waals surface area contributed by atoms with Crippen LogP contribution in [0.4, 0.5) is 17.2 Å². The van der Waals surface area contributed by atoms with Crippen LogP contribution in [-0.4, -0.2) is 46.1 Å². The molecule has 0 aliphatic heterocycles. The number of aromatic nitrogens is 4. The zero-order chi connectivity index (χ0) is 25.2. The van der Waals surface area contributed by atoms with Gasteiger partial charge in [-0.15, -0.1) is 10.2 Å². The van der Waals surface area contributed by atoms with Gasteiger partial charge in [0.15, 0.2) is 23.1 Å². The summed E-state index contributed by atoms with van der Waals surface area (Å²) in [6.07, 6.45) is 4.96. The standard InChI is InChI=1S/C22H23N7O3/c1-12-10-24-20(25-11-12)14-5-4-6-15(19(14)32-3)26-16-9-17(27-21(30)13-7-8-13)28-29-18(16)22(31)23-2/h4-6,9-11,13H,7-8H2,1-3H3,(H,23,31)(H2,26,27,28,30)/i2D3. The van der Waals surface area contributed by atoms with E-state index in [1.165, 1.54) is 13.2 Å². The number of methoxy groups -OCH3 is 1. The molecule has 1 aromatic carbocycles. The maximum atomic E-state index is 12.6. The molecule has 2 amide bonds. The highest BCUT2D eigenvalue weighted by molar-refractivity contribution is 6.00. The number of amides is 2. The number of para-hydroxylation sites is 1. The quantitative estimate of drug-likeness (QED) is 0.515. The zero-order valence-corrected chi connectivity index (χ0v) is 17.5. The predicted molar refractivity (Wildman–Crippen MR) is 119 cm³/mol. The zero-order valence-electron chi connectivity index (χ0n) is 20.5. The summed E-state index contributed by atoms with van der Waals surface area (Å²) < 4.78 is 27.6. The van der Waals surface area contributed by atoms with Crippen LogP contribution in [0.3, 0.4) is 0 Å². The van der Waals surface area contributed by atoms with Crippen LogP contribution < -0.4 is 20.7 Å². The van der Waals surface area contributed by atoms with Crippen LogP contribution in [0.15, 0.2) is 36.7 Å². The maximum absolute atomic E-state index is 12.6. The largest absolute Gasteiger partial charge is 0.494 e. The lowest BCUT2D eigenvalue weighted by molar-refractivity contribution is -0.117. The fourth-order valence-electron chi connectivity index (χ4n) is 3.06. The predicted octanol–water partition coefficient (Wildman–Crippen LogP) is 2.70. The number of carbonyl (C=O) groups is 2. The van der Waals surface area contributed by atoms with E-state index in [4.69, 9.17) is 8.85 Å². The van der Waals surface area contributed by atoms with Gasteiger partial charge < -0.3 is 20.7 Å². The van der Waals surface area contributed by atoms with Gasteiger partial charge in [-0.3, -0.25) is 9.59 Å². The first-order valence-corrected chi connectivity index (χ1v) is 9.89. The Morgan fingerprint density at radius 2 is 1.94 bits per heavy atom. The number of nitrogens with zero attached hydrogens (tertiary/aromatic N) is 4. The molecule has 0 bridgehead atoms. The smallest absolute Gasteiger partial charge is 0.273 e. The van der Waals surface area contributed by atoms with Gasteiger partial charge in [0.1, 0.15) is 0 Å². The fraction of sp³-hybridized carbons (Fsp3) is 0.273. The van der Waals surface area contributed by atoms with Crippen LogP contribution in [0.25, 0.3) is 11.4 Å². The van der Waals surface area contributed by atoms with E-state index in [0.717, 1.165) is 18.4 Å². The van der Waals surface area contributed by atoms with Crippen LogP contribution in [0.2, 0.25) is 0 Å². The molecule has 10 nitrogen and oxygen atoms in total. The highest BCUT2D eigenvalue weighted by Gasteiger charge is 2.30. The first-order valence-electron chi connectivity index (χ1n) is 11.4. The van der Waals surface area contributed by atoms with Crippen molar-refractivity contribution in [2.45, 2.75) is 19.8 Å². The average Bonchev–Trinajstić information content (AvgIpc) is 3.64. The summed E-state index contributed by atoms with van der Waals surface area (Å²) in [6, 6.07) is 6.64. The molecule has 0 unspecified atom stereocenters. The second-order valence-corrected chi connectivity index (χ2v) is 7.30. The van der Waals surface area contributed by atoms with E-state index < -0.39 is 12.9 Å². The summed E-state index contributed by atoms with van der Waals surface area (Å²) in [4.78, 5) is 33.5. The second kappa shape index (κ2) is 8.96. The molecule has 1 saturated carbocycles. The summed E-state index contributed by atoms with van der Waals surface area (Å²) in [5, 5.41) is 15.4. The highest BCUT2D eigenvalue weighted by atomic mass is 16.5. The fourth-order valence-corrected chi connectivity index (χ4v) is 3.06. The number of carbonyl (C=O) groups excluding carboxylic acids is 2. The van der Waals surface area contributed by atoms with E-state index in [9.17, 15) is 9.59 Å². The van der Waals surface area contributed by atoms with Crippen LogP contribution in [0.1, 0.15) is 33.0 Å². The number of anilines is 3. The Bertz CT molecular complexity index is 1260. The molecule has 4 rings (SSSR count). The molecule has 0 spiro atoms. The second-order valence-electron chi connectivity index (χ2n) is 7.30. The van der Waals surface area contributed by atoms with Crippen LogP contribution >= 0.6 is 0 Å². The number of rotatable bonds is 7. The number of aryl methyl sites for hydroxylation is 1. The molecule has 0 saturated heterocycles. The lowest BCUT2D eigenvalue weighted by Gasteiger charge is -2.16. The van der Waals surface area contributed by atoms with Gasteiger partial charge in [0.2, 0.25) is 5.91 Å². The molecule has 3 aromatic rings. The van der Waals surface area contributed by atoms with Crippen molar-refractivity contribution in [3.8, 4) is 17.1 Å². The molecular formula is C22H23N7O3. The van der Waals surface area contributed by atoms with Crippen molar-refractivity contribution in [3.05, 3.63) is 47.9 Å². The van der Waals surface area contributed by atoms with E-state index in [0.29, 0.717) is 22.8 Å². The Hall–Kier alpha value is -4.08. The summed E-state index contributed by atoms with van der Waals surface area (Å²) >= 11 is 0. The van der Waals surface area contributed by atoms with Gasteiger partial charge in [-0.2, -0.15) is 0 Å². The molecule has 164 valence electrons. The van der Waals surface area contributed by atoms with E-state index in [1.54, 1.807) is 30.6 Å². The Morgan fingerprint density at radius 3 is 2.62 bits per heavy atom. The summed E-state index contributed by atoms with van der Waals surface area (Å²) in [6.45, 7) is -0.851. The number of hydrogen-bond acceptors (Lipinski definition) is 8. The van der Waals surface area contributed by atoms with E-state index >= 15 is 0 Å². The van der Waals surface area contributed by atoms with Gasteiger partial charge in [-0.25, -0.2) is 9.97 Å². The molecule has 32 heavy (non-hydrogen) atoms. The minimum atomic E-state index is -2.73. The first-order chi connectivity index (χ1) is 16.6. The van der Waals surface area contributed by atoms with Crippen molar-refractivity contribution in [1.82, 2.24) is 25.5 Å². The van der Waals surface area contributed by atoms with Crippen molar-refractivity contribution in [3.63, 3.8) is 0 Å².